The van der Waals surface area contributed by atoms with Crippen molar-refractivity contribution in [3.8, 4) is 0 Å². The van der Waals surface area contributed by atoms with Gasteiger partial charge in [-0.25, -0.2) is 19.7 Å². The standard InChI is InChI=1S/C21H28N10O5/c1-11(18(32)31-17(21(35)36)4-14-7-25-10-28-14)29-20(34)16(3-13-6-24-9-27-13)30-19(33)15(22)2-12-5-23-8-26-12/h5-11,15-17H,2-4,22H2,1H3,(H,23,26)(H,24,27)(H,25,28)(H,29,34)(H,30,33)(H,31,32)(H,35,36). The highest BCUT2D eigenvalue weighted by Crippen LogP contribution is 2.04. The lowest BCUT2D eigenvalue weighted by molar-refractivity contribution is -0.142. The first-order chi connectivity index (χ1) is 17.2. The highest BCUT2D eigenvalue weighted by molar-refractivity contribution is 5.94. The second-order valence-corrected chi connectivity index (χ2v) is 8.14. The van der Waals surface area contributed by atoms with Crippen LogP contribution in [-0.4, -0.2) is 82.9 Å². The Balaban J connectivity index is 1.61. The molecule has 9 N–H and O–H groups in total. The summed E-state index contributed by atoms with van der Waals surface area (Å²) in [6, 6.07) is -4.37. The third kappa shape index (κ3) is 7.49. The number of aromatic nitrogens is 6. The minimum atomic E-state index is -1.24. The van der Waals surface area contributed by atoms with Crippen molar-refractivity contribution in [3.05, 3.63) is 54.7 Å². The van der Waals surface area contributed by atoms with E-state index in [1.165, 1.54) is 38.3 Å². The fourth-order valence-corrected chi connectivity index (χ4v) is 3.32. The van der Waals surface area contributed by atoms with Gasteiger partial charge in [-0.1, -0.05) is 0 Å². The molecule has 0 saturated heterocycles. The molecule has 3 heterocycles. The smallest absolute Gasteiger partial charge is 0.326 e. The number of aromatic amines is 3. The highest BCUT2D eigenvalue weighted by atomic mass is 16.4. The van der Waals surface area contributed by atoms with Crippen LogP contribution in [0.4, 0.5) is 0 Å². The predicted octanol–water partition coefficient (Wildman–Crippen LogP) is -2.23. The minimum absolute atomic E-state index is 0.0194. The summed E-state index contributed by atoms with van der Waals surface area (Å²) in [6.07, 6.45) is 8.99. The topological polar surface area (TPSA) is 237 Å². The molecule has 192 valence electrons. The summed E-state index contributed by atoms with van der Waals surface area (Å²) >= 11 is 0. The first-order valence-electron chi connectivity index (χ1n) is 11.0. The molecule has 0 aromatic carbocycles. The van der Waals surface area contributed by atoms with Gasteiger partial charge in [0, 0.05) is 54.9 Å². The molecule has 4 atom stereocenters. The van der Waals surface area contributed by atoms with Gasteiger partial charge in [-0.15, -0.1) is 0 Å². The van der Waals surface area contributed by atoms with Crippen LogP contribution in [0.1, 0.15) is 24.0 Å². The van der Waals surface area contributed by atoms with E-state index in [4.69, 9.17) is 5.73 Å². The van der Waals surface area contributed by atoms with Gasteiger partial charge in [0.05, 0.1) is 25.0 Å². The van der Waals surface area contributed by atoms with Gasteiger partial charge in [-0.3, -0.25) is 14.4 Å². The van der Waals surface area contributed by atoms with Crippen molar-refractivity contribution in [2.75, 3.05) is 0 Å². The van der Waals surface area contributed by atoms with E-state index >= 15 is 0 Å². The zero-order chi connectivity index (χ0) is 26.1. The molecule has 0 aliphatic carbocycles. The summed E-state index contributed by atoms with van der Waals surface area (Å²) in [5.74, 6) is -3.19. The van der Waals surface area contributed by atoms with Crippen LogP contribution in [0.15, 0.2) is 37.6 Å². The molecule has 0 aliphatic rings. The van der Waals surface area contributed by atoms with Crippen molar-refractivity contribution in [2.45, 2.75) is 50.4 Å². The SMILES string of the molecule is CC(NC(=O)C(Cc1cnc[nH]1)NC(=O)C(N)Cc1cnc[nH]1)C(=O)NC(Cc1cnc[nH]1)C(=O)O. The van der Waals surface area contributed by atoms with Gasteiger partial charge in [0.25, 0.3) is 0 Å². The zero-order valence-corrected chi connectivity index (χ0v) is 19.4. The number of carboxylic acids is 1. The van der Waals surface area contributed by atoms with Crippen LogP contribution in [0, 0.1) is 0 Å². The average molecular weight is 501 g/mol. The molecule has 4 unspecified atom stereocenters. The second kappa shape index (κ2) is 12.3. The number of hydrogen-bond donors (Lipinski definition) is 8. The predicted molar refractivity (Wildman–Crippen MR) is 124 cm³/mol. The number of hydrogen-bond acceptors (Lipinski definition) is 8. The number of imidazole rings is 3. The summed E-state index contributed by atoms with van der Waals surface area (Å²) in [7, 11) is 0. The highest BCUT2D eigenvalue weighted by Gasteiger charge is 2.29. The van der Waals surface area contributed by atoms with Gasteiger partial charge < -0.3 is 41.7 Å². The maximum atomic E-state index is 13.0. The molecule has 0 bridgehead atoms. The van der Waals surface area contributed by atoms with E-state index in [0.29, 0.717) is 17.1 Å². The van der Waals surface area contributed by atoms with Crippen molar-refractivity contribution in [3.63, 3.8) is 0 Å². The molecular formula is C21H28N10O5. The van der Waals surface area contributed by atoms with Crippen LogP contribution >= 0.6 is 0 Å². The molecule has 36 heavy (non-hydrogen) atoms. The van der Waals surface area contributed by atoms with E-state index in [1.54, 1.807) is 6.20 Å². The molecule has 15 nitrogen and oxygen atoms in total. The van der Waals surface area contributed by atoms with E-state index in [2.05, 4.69) is 45.9 Å². The van der Waals surface area contributed by atoms with Gasteiger partial charge in [0.15, 0.2) is 0 Å². The van der Waals surface area contributed by atoms with Crippen molar-refractivity contribution in [1.82, 2.24) is 45.9 Å². The number of carboxylic acid groups (broad SMARTS) is 1. The van der Waals surface area contributed by atoms with Crippen LogP contribution in [0.2, 0.25) is 0 Å². The maximum Gasteiger partial charge on any atom is 0.326 e. The average Bonchev–Trinajstić information content (AvgIpc) is 3.62. The van der Waals surface area contributed by atoms with Crippen LogP contribution < -0.4 is 21.7 Å². The molecule has 0 fully saturated rings. The number of H-pyrrole nitrogens is 3. The molecule has 15 heteroatoms. The quantitative estimate of drug-likeness (QED) is 0.126. The number of amides is 3. The van der Waals surface area contributed by atoms with E-state index in [1.807, 2.05) is 0 Å². The molecule has 0 spiro atoms. The second-order valence-electron chi connectivity index (χ2n) is 8.14. The van der Waals surface area contributed by atoms with Crippen LogP contribution in [0.5, 0.6) is 0 Å². The number of nitrogens with one attached hydrogen (secondary N) is 6. The Morgan fingerprint density at radius 2 is 1.25 bits per heavy atom. The fraction of sp³-hybridized carbons (Fsp3) is 0.381. The molecule has 3 aromatic heterocycles. The molecule has 3 rings (SSSR count). The monoisotopic (exact) mass is 500 g/mol. The van der Waals surface area contributed by atoms with Gasteiger partial charge in [0.1, 0.15) is 18.1 Å². The Labute approximate surface area is 205 Å². The summed E-state index contributed by atoms with van der Waals surface area (Å²) in [4.78, 5) is 70.0. The number of nitrogens with two attached hydrogens (primary N) is 1. The number of nitrogens with zero attached hydrogens (tertiary/aromatic N) is 3. The van der Waals surface area contributed by atoms with E-state index in [9.17, 15) is 24.3 Å². The summed E-state index contributed by atoms with van der Waals surface area (Å²) in [5, 5.41) is 17.0. The molecule has 0 saturated carbocycles. The summed E-state index contributed by atoms with van der Waals surface area (Å²) < 4.78 is 0. The molecule has 3 amide bonds. The van der Waals surface area contributed by atoms with Gasteiger partial charge in [-0.2, -0.15) is 0 Å². The molecule has 0 radical (unpaired) electrons. The van der Waals surface area contributed by atoms with Gasteiger partial charge in [0.2, 0.25) is 17.7 Å². The van der Waals surface area contributed by atoms with Crippen LogP contribution in [-0.2, 0) is 38.4 Å². The van der Waals surface area contributed by atoms with Crippen molar-refractivity contribution >= 4 is 23.7 Å². The Bertz CT molecular complexity index is 1130. The number of carbonyl (C=O) groups is 4. The van der Waals surface area contributed by atoms with Crippen LogP contribution in [0.3, 0.4) is 0 Å². The third-order valence-corrected chi connectivity index (χ3v) is 5.29. The summed E-state index contributed by atoms with van der Waals surface area (Å²) in [6.45, 7) is 1.40. The van der Waals surface area contributed by atoms with E-state index in [-0.39, 0.29) is 19.3 Å². The fourth-order valence-electron chi connectivity index (χ4n) is 3.32. The van der Waals surface area contributed by atoms with Gasteiger partial charge >= 0.3 is 5.97 Å². The third-order valence-electron chi connectivity index (χ3n) is 5.29. The number of rotatable bonds is 13. The molecule has 0 aliphatic heterocycles. The first-order valence-corrected chi connectivity index (χ1v) is 11.0. The van der Waals surface area contributed by atoms with Gasteiger partial charge in [-0.05, 0) is 6.92 Å². The maximum absolute atomic E-state index is 13.0. The Morgan fingerprint density at radius 3 is 1.72 bits per heavy atom. The summed E-state index contributed by atoms with van der Waals surface area (Å²) in [5.41, 5.74) is 7.72. The lowest BCUT2D eigenvalue weighted by atomic mass is 10.1. The lowest BCUT2D eigenvalue weighted by Crippen LogP contribution is -2.57. The normalized spacial score (nSPS) is 14.3. The first kappa shape index (κ1) is 26.1. The largest absolute Gasteiger partial charge is 0.480 e. The molecular weight excluding hydrogens is 472 g/mol. The van der Waals surface area contributed by atoms with Crippen molar-refractivity contribution in [2.24, 2.45) is 5.73 Å². The Morgan fingerprint density at radius 1 is 0.778 bits per heavy atom. The molecule has 3 aromatic rings. The zero-order valence-electron chi connectivity index (χ0n) is 19.4. The van der Waals surface area contributed by atoms with Crippen molar-refractivity contribution in [1.29, 1.82) is 0 Å². The Hall–Kier alpha value is -4.53. The van der Waals surface area contributed by atoms with E-state index in [0.717, 1.165) is 0 Å². The minimum Gasteiger partial charge on any atom is -0.480 e. The van der Waals surface area contributed by atoms with E-state index < -0.39 is 47.9 Å². The van der Waals surface area contributed by atoms with Crippen LogP contribution in [0.25, 0.3) is 0 Å². The van der Waals surface area contributed by atoms with Crippen molar-refractivity contribution < 1.29 is 24.3 Å². The Kier molecular flexibility index (Phi) is 8.88. The lowest BCUT2D eigenvalue weighted by Gasteiger charge is -2.23. The number of carbonyl (C=O) groups excluding carboxylic acids is 3. The number of aliphatic carboxylic acids is 1.